The molecule has 0 aliphatic carbocycles. The van der Waals surface area contributed by atoms with Crippen molar-refractivity contribution in [2.24, 2.45) is 0 Å². The molecule has 0 saturated carbocycles. The van der Waals surface area contributed by atoms with Gasteiger partial charge in [0.25, 0.3) is 0 Å². The van der Waals surface area contributed by atoms with Gasteiger partial charge in [-0.25, -0.2) is 17.6 Å². The maximum absolute atomic E-state index is 13.9. The lowest BCUT2D eigenvalue weighted by Crippen LogP contribution is -2.03. The van der Waals surface area contributed by atoms with Crippen LogP contribution in [0.4, 0.5) is 17.6 Å². The van der Waals surface area contributed by atoms with E-state index in [0.29, 0.717) is 5.56 Å². The van der Waals surface area contributed by atoms with Crippen LogP contribution in [0.3, 0.4) is 0 Å². The van der Waals surface area contributed by atoms with Crippen molar-refractivity contribution in [2.75, 3.05) is 0 Å². The van der Waals surface area contributed by atoms with Crippen molar-refractivity contribution in [1.29, 1.82) is 0 Å². The van der Waals surface area contributed by atoms with E-state index in [0.717, 1.165) is 29.2 Å². The molecule has 3 aromatic rings. The Morgan fingerprint density at radius 3 is 1.62 bits per heavy atom. The minimum atomic E-state index is -1.50. The first-order chi connectivity index (χ1) is 13.8. The molecule has 0 fully saturated rings. The van der Waals surface area contributed by atoms with Crippen LogP contribution in [0.15, 0.2) is 42.5 Å². The van der Waals surface area contributed by atoms with Crippen LogP contribution in [0.5, 0.6) is 0 Å². The van der Waals surface area contributed by atoms with Gasteiger partial charge >= 0.3 is 0 Å². The second-order valence-electron chi connectivity index (χ2n) is 6.65. The third kappa shape index (κ3) is 4.33. The normalized spacial score (nSPS) is 10.0. The topological polar surface area (TPSA) is 0 Å². The molecule has 0 unspecified atom stereocenters. The molecule has 0 aromatic heterocycles. The smallest absolute Gasteiger partial charge is 0.177 e. The van der Waals surface area contributed by atoms with Crippen molar-refractivity contribution in [3.63, 3.8) is 0 Å². The molecule has 0 aliphatic rings. The molecule has 0 amide bonds. The zero-order chi connectivity index (χ0) is 21.1. The molecule has 0 heterocycles. The Hall–Kier alpha value is -3.50. The second-order valence-corrected chi connectivity index (χ2v) is 6.65. The molecule has 0 nitrogen and oxygen atoms in total. The molecule has 0 spiro atoms. The van der Waals surface area contributed by atoms with E-state index in [1.165, 1.54) is 0 Å². The second kappa shape index (κ2) is 8.25. The van der Waals surface area contributed by atoms with Crippen LogP contribution in [0.25, 0.3) is 0 Å². The largest absolute Gasteiger partial charge is 0.203 e. The monoisotopic (exact) mass is 392 g/mol. The van der Waals surface area contributed by atoms with E-state index in [4.69, 9.17) is 0 Å². The lowest BCUT2D eigenvalue weighted by Gasteiger charge is -2.04. The van der Waals surface area contributed by atoms with Crippen LogP contribution in [0, 0.1) is 67.7 Å². The fraction of sp³-hybridized carbons (Fsp3) is 0.120. The number of halogens is 4. The summed E-state index contributed by atoms with van der Waals surface area (Å²) in [6.45, 7) is 4.97. The van der Waals surface area contributed by atoms with Gasteiger partial charge in [0.2, 0.25) is 0 Å². The van der Waals surface area contributed by atoms with E-state index in [1.54, 1.807) is 24.3 Å². The Bertz CT molecular complexity index is 1190. The third-order valence-corrected chi connectivity index (χ3v) is 4.42. The zero-order valence-electron chi connectivity index (χ0n) is 16.1. The lowest BCUT2D eigenvalue weighted by atomic mass is 10.1. The van der Waals surface area contributed by atoms with E-state index in [1.807, 2.05) is 26.0 Å². The summed E-state index contributed by atoms with van der Waals surface area (Å²) in [7, 11) is 0. The molecule has 0 radical (unpaired) electrons. The van der Waals surface area contributed by atoms with Crippen molar-refractivity contribution in [3.05, 3.63) is 105 Å². The van der Waals surface area contributed by atoms with Crippen LogP contribution < -0.4 is 0 Å². The van der Waals surface area contributed by atoms with Gasteiger partial charge in [-0.2, -0.15) is 0 Å². The van der Waals surface area contributed by atoms with Crippen molar-refractivity contribution < 1.29 is 17.6 Å². The van der Waals surface area contributed by atoms with Crippen molar-refractivity contribution in [1.82, 2.24) is 0 Å². The zero-order valence-corrected chi connectivity index (χ0v) is 16.1. The average Bonchev–Trinajstić information content (AvgIpc) is 2.71. The molecule has 0 saturated heterocycles. The van der Waals surface area contributed by atoms with Gasteiger partial charge in [-0.1, -0.05) is 41.4 Å². The minimum Gasteiger partial charge on any atom is -0.203 e. The molecular formula is C25H16F4. The van der Waals surface area contributed by atoms with Crippen LogP contribution in [-0.2, 0) is 0 Å². The summed E-state index contributed by atoms with van der Waals surface area (Å²) in [5.41, 5.74) is 2.71. The van der Waals surface area contributed by atoms with Crippen LogP contribution in [0.1, 0.15) is 38.9 Å². The van der Waals surface area contributed by atoms with Gasteiger partial charge in [-0.15, -0.1) is 0 Å². The summed E-state index contributed by atoms with van der Waals surface area (Å²) in [5.74, 6) is 4.97. The van der Waals surface area contributed by atoms with Crippen molar-refractivity contribution in [3.8, 4) is 23.7 Å². The highest BCUT2D eigenvalue weighted by atomic mass is 19.2. The van der Waals surface area contributed by atoms with Crippen LogP contribution >= 0.6 is 0 Å². The van der Waals surface area contributed by atoms with E-state index in [-0.39, 0.29) is 0 Å². The number of benzene rings is 3. The molecule has 4 heteroatoms. The highest BCUT2D eigenvalue weighted by Gasteiger charge is 2.21. The Kier molecular flexibility index (Phi) is 5.76. The van der Waals surface area contributed by atoms with Crippen molar-refractivity contribution >= 4 is 0 Å². The molecule has 0 aliphatic heterocycles. The quantitative estimate of drug-likeness (QED) is 0.251. The van der Waals surface area contributed by atoms with E-state index >= 15 is 0 Å². The van der Waals surface area contributed by atoms with Gasteiger partial charge in [0.1, 0.15) is 5.56 Å². The van der Waals surface area contributed by atoms with Gasteiger partial charge in [-0.3, -0.25) is 0 Å². The van der Waals surface area contributed by atoms with E-state index in [9.17, 15) is 17.6 Å². The maximum Gasteiger partial charge on any atom is 0.177 e. The SMILES string of the molecule is Cc1ccc(C#Cc2ccc(C#Cc3c(F)c(F)c(C)c(F)c3F)cc2)c(C)c1. The summed E-state index contributed by atoms with van der Waals surface area (Å²) in [6, 6.07) is 12.7. The first-order valence-corrected chi connectivity index (χ1v) is 8.82. The van der Waals surface area contributed by atoms with Gasteiger partial charge in [0.05, 0.1) is 0 Å². The summed E-state index contributed by atoms with van der Waals surface area (Å²) in [6.07, 6.45) is 0. The highest BCUT2D eigenvalue weighted by molar-refractivity contribution is 5.50. The fourth-order valence-electron chi connectivity index (χ4n) is 2.72. The molecule has 3 aromatic carbocycles. The van der Waals surface area contributed by atoms with Crippen LogP contribution in [-0.4, -0.2) is 0 Å². The minimum absolute atomic E-state index is 0.433. The Labute approximate surface area is 167 Å². The van der Waals surface area contributed by atoms with Gasteiger partial charge in [0, 0.05) is 22.3 Å². The molecule has 29 heavy (non-hydrogen) atoms. The summed E-state index contributed by atoms with van der Waals surface area (Å²) in [5, 5.41) is 0. The fourth-order valence-corrected chi connectivity index (χ4v) is 2.72. The van der Waals surface area contributed by atoms with Gasteiger partial charge in [0.15, 0.2) is 23.3 Å². The first-order valence-electron chi connectivity index (χ1n) is 8.82. The maximum atomic E-state index is 13.9. The number of rotatable bonds is 0. The highest BCUT2D eigenvalue weighted by Crippen LogP contribution is 2.22. The Balaban J connectivity index is 1.86. The standard InChI is InChI=1S/C25H16F4/c1-15-4-11-20(16(2)14-15)12-9-18-5-7-19(8-6-18)10-13-21-24(28)22(26)17(3)23(27)25(21)29/h4-8,11,14H,1-3H3. The molecule has 144 valence electrons. The number of hydrogen-bond donors (Lipinski definition) is 0. The predicted octanol–water partition coefficient (Wildman–Crippen LogP) is 5.97. The van der Waals surface area contributed by atoms with Gasteiger partial charge in [-0.05, 0) is 56.7 Å². The van der Waals surface area contributed by atoms with Gasteiger partial charge < -0.3 is 0 Å². The molecule has 0 N–H and O–H groups in total. The molecular weight excluding hydrogens is 376 g/mol. The van der Waals surface area contributed by atoms with E-state index in [2.05, 4.69) is 29.7 Å². The lowest BCUT2D eigenvalue weighted by molar-refractivity contribution is 0.442. The van der Waals surface area contributed by atoms with E-state index < -0.39 is 34.4 Å². The molecule has 0 atom stereocenters. The van der Waals surface area contributed by atoms with Crippen LogP contribution in [0.2, 0.25) is 0 Å². The predicted molar refractivity (Wildman–Crippen MR) is 105 cm³/mol. The Morgan fingerprint density at radius 2 is 1.10 bits per heavy atom. The number of aryl methyl sites for hydroxylation is 2. The Morgan fingerprint density at radius 1 is 0.586 bits per heavy atom. The summed E-state index contributed by atoms with van der Waals surface area (Å²) < 4.78 is 55.0. The average molecular weight is 392 g/mol. The molecule has 0 bridgehead atoms. The van der Waals surface area contributed by atoms with Crippen molar-refractivity contribution in [2.45, 2.75) is 20.8 Å². The third-order valence-electron chi connectivity index (χ3n) is 4.42. The summed E-state index contributed by atoms with van der Waals surface area (Å²) in [4.78, 5) is 0. The first kappa shape index (κ1) is 20.2. The number of hydrogen-bond acceptors (Lipinski definition) is 0. The summed E-state index contributed by atoms with van der Waals surface area (Å²) >= 11 is 0. The molecule has 3 rings (SSSR count).